The maximum atomic E-state index is 10.6. The molecule has 0 bridgehead atoms. The molecule has 2 unspecified atom stereocenters. The third-order valence-corrected chi connectivity index (χ3v) is 1.88. The van der Waals surface area contributed by atoms with E-state index in [0.29, 0.717) is 6.04 Å². The molecule has 58 valence electrons. The van der Waals surface area contributed by atoms with Gasteiger partial charge in [-0.2, -0.15) is 0 Å². The van der Waals surface area contributed by atoms with Crippen LogP contribution in [-0.4, -0.2) is 31.6 Å². The van der Waals surface area contributed by atoms with Gasteiger partial charge in [0, 0.05) is 12.6 Å². The Kier molecular flexibility index (Phi) is 2.24. The van der Waals surface area contributed by atoms with Crippen LogP contribution in [-0.2, 0) is 4.79 Å². The fourth-order valence-corrected chi connectivity index (χ4v) is 1.17. The number of carbonyl (C=O) groups excluding carboxylic acids is 1. The molecule has 0 aliphatic carbocycles. The van der Waals surface area contributed by atoms with Crippen molar-refractivity contribution in [3.63, 3.8) is 0 Å². The summed E-state index contributed by atoms with van der Waals surface area (Å²) in [6.45, 7) is 0.837. The lowest BCUT2D eigenvalue weighted by Gasteiger charge is -2.04. The van der Waals surface area contributed by atoms with Crippen LogP contribution in [0.25, 0.3) is 0 Å². The number of primary amides is 1. The molecule has 2 atom stereocenters. The Morgan fingerprint density at radius 3 is 2.80 bits per heavy atom. The Morgan fingerprint density at radius 2 is 2.50 bits per heavy atom. The Balaban J connectivity index is 2.35. The highest BCUT2D eigenvalue weighted by atomic mass is 16.1. The van der Waals surface area contributed by atoms with E-state index in [1.54, 1.807) is 0 Å². The van der Waals surface area contributed by atoms with Gasteiger partial charge in [0.05, 0.1) is 6.04 Å². The second kappa shape index (κ2) is 2.98. The topological polar surface area (TPSA) is 67.2 Å². The fraction of sp³-hybridized carbons (Fsp3) is 0.833. The molecule has 1 saturated heterocycles. The summed E-state index contributed by atoms with van der Waals surface area (Å²) in [7, 11) is 1.88. The monoisotopic (exact) mass is 143 g/mol. The summed E-state index contributed by atoms with van der Waals surface area (Å²) in [6.07, 6.45) is 0.811. The summed E-state index contributed by atoms with van der Waals surface area (Å²) >= 11 is 0. The van der Waals surface area contributed by atoms with Crippen LogP contribution in [0.5, 0.6) is 0 Å². The number of likely N-dealkylation sites (N-methyl/N-ethyl adjacent to an activating group) is 1. The van der Waals surface area contributed by atoms with Crippen LogP contribution in [0.4, 0.5) is 0 Å². The number of nitrogens with two attached hydrogens (primary N) is 1. The van der Waals surface area contributed by atoms with E-state index in [2.05, 4.69) is 10.6 Å². The zero-order valence-electron chi connectivity index (χ0n) is 6.05. The second-order valence-corrected chi connectivity index (χ2v) is 2.58. The van der Waals surface area contributed by atoms with Crippen LogP contribution < -0.4 is 16.4 Å². The molecule has 0 radical (unpaired) electrons. The van der Waals surface area contributed by atoms with E-state index in [-0.39, 0.29) is 11.9 Å². The van der Waals surface area contributed by atoms with Crippen LogP contribution in [0, 0.1) is 0 Å². The summed E-state index contributed by atoms with van der Waals surface area (Å²) in [5.74, 6) is -0.252. The van der Waals surface area contributed by atoms with Crippen molar-refractivity contribution >= 4 is 5.91 Å². The standard InChI is InChI=1S/C6H13N3O/c1-8-4-2-5(6(7)10)9-3-4/h4-5,8-9H,2-3H2,1H3,(H2,7,10). The molecule has 0 spiro atoms. The van der Waals surface area contributed by atoms with E-state index >= 15 is 0 Å². The van der Waals surface area contributed by atoms with Gasteiger partial charge in [0.25, 0.3) is 0 Å². The molecule has 1 amide bonds. The first-order valence-electron chi connectivity index (χ1n) is 3.44. The largest absolute Gasteiger partial charge is 0.368 e. The fourth-order valence-electron chi connectivity index (χ4n) is 1.17. The van der Waals surface area contributed by atoms with Crippen molar-refractivity contribution in [1.29, 1.82) is 0 Å². The zero-order valence-corrected chi connectivity index (χ0v) is 6.05. The molecule has 0 aromatic heterocycles. The van der Waals surface area contributed by atoms with Crippen LogP contribution in [0.15, 0.2) is 0 Å². The maximum absolute atomic E-state index is 10.6. The molecule has 1 heterocycles. The predicted molar refractivity (Wildman–Crippen MR) is 38.4 cm³/mol. The molecule has 1 aliphatic heterocycles. The van der Waals surface area contributed by atoms with E-state index in [1.165, 1.54) is 0 Å². The van der Waals surface area contributed by atoms with Gasteiger partial charge >= 0.3 is 0 Å². The third-order valence-electron chi connectivity index (χ3n) is 1.88. The first-order valence-corrected chi connectivity index (χ1v) is 3.44. The van der Waals surface area contributed by atoms with Gasteiger partial charge in [-0.15, -0.1) is 0 Å². The number of hydrogen-bond acceptors (Lipinski definition) is 3. The minimum Gasteiger partial charge on any atom is -0.368 e. The normalized spacial score (nSPS) is 32.5. The molecule has 4 nitrogen and oxygen atoms in total. The van der Waals surface area contributed by atoms with Crippen LogP contribution in [0.1, 0.15) is 6.42 Å². The Morgan fingerprint density at radius 1 is 1.80 bits per heavy atom. The van der Waals surface area contributed by atoms with Gasteiger partial charge < -0.3 is 16.4 Å². The lowest BCUT2D eigenvalue weighted by atomic mass is 10.2. The summed E-state index contributed by atoms with van der Waals surface area (Å²) < 4.78 is 0. The molecule has 1 rings (SSSR count). The highest BCUT2D eigenvalue weighted by Gasteiger charge is 2.26. The molecule has 4 heteroatoms. The lowest BCUT2D eigenvalue weighted by Crippen LogP contribution is -2.36. The van der Waals surface area contributed by atoms with Crippen molar-refractivity contribution < 1.29 is 4.79 Å². The number of amides is 1. The zero-order chi connectivity index (χ0) is 7.56. The Bertz CT molecular complexity index is 137. The summed E-state index contributed by atoms with van der Waals surface area (Å²) in [5.41, 5.74) is 5.09. The van der Waals surface area contributed by atoms with E-state index in [4.69, 9.17) is 5.73 Å². The van der Waals surface area contributed by atoms with Crippen molar-refractivity contribution in [1.82, 2.24) is 10.6 Å². The van der Waals surface area contributed by atoms with E-state index in [9.17, 15) is 4.79 Å². The quantitative estimate of drug-likeness (QED) is 0.437. The van der Waals surface area contributed by atoms with Gasteiger partial charge in [0.2, 0.25) is 5.91 Å². The Labute approximate surface area is 60.2 Å². The van der Waals surface area contributed by atoms with Gasteiger partial charge in [-0.05, 0) is 13.5 Å². The summed E-state index contributed by atoms with van der Waals surface area (Å²) in [6, 6.07) is 0.273. The third kappa shape index (κ3) is 1.46. The molecule has 1 aliphatic rings. The van der Waals surface area contributed by atoms with Crippen LogP contribution in [0.2, 0.25) is 0 Å². The highest BCUT2D eigenvalue weighted by molar-refractivity contribution is 5.80. The van der Waals surface area contributed by atoms with Crippen molar-refractivity contribution in [3.8, 4) is 0 Å². The number of carbonyl (C=O) groups is 1. The minimum atomic E-state index is -0.252. The molecule has 0 saturated carbocycles. The molecule has 0 aromatic carbocycles. The first kappa shape index (κ1) is 7.50. The second-order valence-electron chi connectivity index (χ2n) is 2.58. The van der Waals surface area contributed by atoms with Crippen LogP contribution in [0.3, 0.4) is 0 Å². The lowest BCUT2D eigenvalue weighted by molar-refractivity contribution is -0.119. The van der Waals surface area contributed by atoms with Gasteiger partial charge in [-0.25, -0.2) is 0 Å². The van der Waals surface area contributed by atoms with E-state index < -0.39 is 0 Å². The van der Waals surface area contributed by atoms with Gasteiger partial charge in [0.15, 0.2) is 0 Å². The predicted octanol–water partition coefficient (Wildman–Crippen LogP) is -1.58. The van der Waals surface area contributed by atoms with E-state index in [1.807, 2.05) is 7.05 Å². The average Bonchev–Trinajstić information content (AvgIpc) is 2.34. The number of hydrogen-bond donors (Lipinski definition) is 3. The minimum absolute atomic E-state index is 0.127. The first-order chi connectivity index (χ1) is 4.74. The van der Waals surface area contributed by atoms with Crippen molar-refractivity contribution in [3.05, 3.63) is 0 Å². The van der Waals surface area contributed by atoms with Crippen molar-refractivity contribution in [2.45, 2.75) is 18.5 Å². The molecule has 0 aromatic rings. The van der Waals surface area contributed by atoms with Crippen molar-refractivity contribution in [2.24, 2.45) is 5.73 Å². The van der Waals surface area contributed by atoms with Gasteiger partial charge in [-0.3, -0.25) is 4.79 Å². The smallest absolute Gasteiger partial charge is 0.234 e. The SMILES string of the molecule is CNC1CNC(C(N)=O)C1. The number of rotatable bonds is 2. The van der Waals surface area contributed by atoms with Gasteiger partial charge in [0.1, 0.15) is 0 Å². The Hall–Kier alpha value is -0.610. The van der Waals surface area contributed by atoms with Crippen molar-refractivity contribution in [2.75, 3.05) is 13.6 Å². The maximum Gasteiger partial charge on any atom is 0.234 e. The molecule has 1 fully saturated rings. The molecule has 10 heavy (non-hydrogen) atoms. The molecular weight excluding hydrogens is 130 g/mol. The average molecular weight is 143 g/mol. The van der Waals surface area contributed by atoms with Gasteiger partial charge in [-0.1, -0.05) is 0 Å². The molecule has 4 N–H and O–H groups in total. The number of nitrogens with one attached hydrogen (secondary N) is 2. The highest BCUT2D eigenvalue weighted by Crippen LogP contribution is 2.04. The summed E-state index contributed by atoms with van der Waals surface area (Å²) in [5, 5.41) is 6.10. The summed E-state index contributed by atoms with van der Waals surface area (Å²) in [4.78, 5) is 10.6. The molecular formula is C6H13N3O. The van der Waals surface area contributed by atoms with Crippen LogP contribution >= 0.6 is 0 Å². The van der Waals surface area contributed by atoms with E-state index in [0.717, 1.165) is 13.0 Å².